The Kier molecular flexibility index (Phi) is 6.77. The number of benzene rings is 1. The van der Waals surface area contributed by atoms with E-state index in [0.29, 0.717) is 18.1 Å². The zero-order valence-corrected chi connectivity index (χ0v) is 18.0. The molecule has 3 heterocycles. The Morgan fingerprint density at radius 1 is 1.16 bits per heavy atom. The molecule has 0 bridgehead atoms. The highest BCUT2D eigenvalue weighted by molar-refractivity contribution is 5.91. The van der Waals surface area contributed by atoms with Crippen molar-refractivity contribution in [3.8, 4) is 0 Å². The number of hydrogen-bond acceptors (Lipinski definition) is 7. The lowest BCUT2D eigenvalue weighted by molar-refractivity contribution is 0.0695. The molecular weight excluding hydrogens is 420 g/mol. The lowest BCUT2D eigenvalue weighted by atomic mass is 10.2. The molecule has 2 aromatic heterocycles. The van der Waals surface area contributed by atoms with E-state index in [4.69, 9.17) is 5.73 Å². The van der Waals surface area contributed by atoms with Crippen LogP contribution in [0.4, 0.5) is 11.6 Å². The van der Waals surface area contributed by atoms with Crippen LogP contribution in [0.5, 0.6) is 0 Å². The molecule has 1 fully saturated rings. The summed E-state index contributed by atoms with van der Waals surface area (Å²) in [5.41, 5.74) is 7.38. The number of anilines is 2. The van der Waals surface area contributed by atoms with Crippen LogP contribution >= 0.6 is 12.4 Å². The van der Waals surface area contributed by atoms with Crippen molar-refractivity contribution in [1.82, 2.24) is 19.4 Å². The Morgan fingerprint density at radius 2 is 1.84 bits per heavy atom. The number of aryl methyl sites for hydroxylation is 1. The molecule has 1 aliphatic rings. The van der Waals surface area contributed by atoms with Gasteiger partial charge in [0.05, 0.1) is 5.39 Å². The maximum absolute atomic E-state index is 12.5. The monoisotopic (exact) mass is 444 g/mol. The second-order valence-corrected chi connectivity index (χ2v) is 7.38. The first kappa shape index (κ1) is 22.5. The van der Waals surface area contributed by atoms with Gasteiger partial charge in [0.2, 0.25) is 11.4 Å². The molecule has 0 radical (unpaired) electrons. The van der Waals surface area contributed by atoms with Crippen molar-refractivity contribution >= 4 is 41.0 Å². The number of nitrogens with two attached hydrogens (primary N) is 1. The van der Waals surface area contributed by atoms with Gasteiger partial charge in [0.25, 0.3) is 0 Å². The number of carboxylic acid groups (broad SMARTS) is 1. The van der Waals surface area contributed by atoms with Crippen LogP contribution < -0.4 is 16.1 Å². The van der Waals surface area contributed by atoms with Crippen LogP contribution in [0.3, 0.4) is 0 Å². The SMILES string of the molecule is CCn1cc(C(=O)O)c(=O)c2cnc(N3CCN(Cc4ccc(N)cc4)CC3)nc21.Cl. The van der Waals surface area contributed by atoms with E-state index in [2.05, 4.69) is 19.8 Å². The fourth-order valence-corrected chi connectivity index (χ4v) is 3.70. The average molecular weight is 445 g/mol. The van der Waals surface area contributed by atoms with Crippen molar-refractivity contribution in [3.63, 3.8) is 0 Å². The van der Waals surface area contributed by atoms with Gasteiger partial charge in [-0.05, 0) is 24.6 Å². The van der Waals surface area contributed by atoms with Crippen molar-refractivity contribution in [2.45, 2.75) is 20.0 Å². The minimum atomic E-state index is -1.24. The van der Waals surface area contributed by atoms with E-state index in [9.17, 15) is 14.7 Å². The lowest BCUT2D eigenvalue weighted by Crippen LogP contribution is -2.46. The molecule has 1 aliphatic heterocycles. The van der Waals surface area contributed by atoms with Gasteiger partial charge in [0, 0.05) is 57.3 Å². The maximum atomic E-state index is 12.5. The van der Waals surface area contributed by atoms with Crippen LogP contribution in [-0.2, 0) is 13.1 Å². The van der Waals surface area contributed by atoms with Gasteiger partial charge < -0.3 is 20.3 Å². The summed E-state index contributed by atoms with van der Waals surface area (Å²) in [7, 11) is 0. The molecule has 4 rings (SSSR count). The number of pyridine rings is 1. The molecule has 0 unspecified atom stereocenters. The van der Waals surface area contributed by atoms with Crippen LogP contribution in [0.2, 0.25) is 0 Å². The number of piperazine rings is 1. The Labute approximate surface area is 185 Å². The summed E-state index contributed by atoms with van der Waals surface area (Å²) < 4.78 is 1.68. The molecule has 1 saturated heterocycles. The average Bonchev–Trinajstić information content (AvgIpc) is 2.76. The lowest BCUT2D eigenvalue weighted by Gasteiger charge is -2.34. The van der Waals surface area contributed by atoms with Crippen LogP contribution in [0.25, 0.3) is 11.0 Å². The first-order valence-electron chi connectivity index (χ1n) is 9.91. The quantitative estimate of drug-likeness (QED) is 0.572. The highest BCUT2D eigenvalue weighted by atomic mass is 35.5. The van der Waals surface area contributed by atoms with Gasteiger partial charge in [-0.2, -0.15) is 4.98 Å². The number of nitrogens with zero attached hydrogens (tertiary/aromatic N) is 5. The van der Waals surface area contributed by atoms with Gasteiger partial charge in [0.1, 0.15) is 11.2 Å². The third kappa shape index (κ3) is 4.62. The van der Waals surface area contributed by atoms with Crippen LogP contribution in [-0.4, -0.2) is 56.7 Å². The van der Waals surface area contributed by atoms with Crippen molar-refractivity contribution in [3.05, 3.63) is 58.0 Å². The highest BCUT2D eigenvalue weighted by Gasteiger charge is 2.21. The van der Waals surface area contributed by atoms with E-state index in [1.165, 1.54) is 18.0 Å². The third-order valence-corrected chi connectivity index (χ3v) is 5.41. The second kappa shape index (κ2) is 9.32. The van der Waals surface area contributed by atoms with Gasteiger partial charge in [0.15, 0.2) is 0 Å². The molecule has 164 valence electrons. The Morgan fingerprint density at radius 3 is 2.45 bits per heavy atom. The van der Waals surface area contributed by atoms with E-state index < -0.39 is 11.4 Å². The highest BCUT2D eigenvalue weighted by Crippen LogP contribution is 2.17. The van der Waals surface area contributed by atoms with Gasteiger partial charge in [-0.1, -0.05) is 12.1 Å². The zero-order valence-electron chi connectivity index (χ0n) is 17.2. The minimum absolute atomic E-state index is 0. The number of halogens is 1. The molecule has 0 amide bonds. The first-order valence-corrected chi connectivity index (χ1v) is 9.91. The summed E-state index contributed by atoms with van der Waals surface area (Å²) in [6.45, 7) is 6.51. The van der Waals surface area contributed by atoms with Crippen LogP contribution in [0, 0.1) is 0 Å². The molecule has 0 atom stereocenters. The third-order valence-electron chi connectivity index (χ3n) is 5.41. The molecule has 0 spiro atoms. The number of rotatable bonds is 5. The van der Waals surface area contributed by atoms with Gasteiger partial charge in [-0.15, -0.1) is 12.4 Å². The summed E-state index contributed by atoms with van der Waals surface area (Å²) in [5.74, 6) is -0.690. The topological polar surface area (TPSA) is 118 Å². The molecule has 0 saturated carbocycles. The van der Waals surface area contributed by atoms with Crippen LogP contribution in [0.15, 0.2) is 41.5 Å². The molecule has 31 heavy (non-hydrogen) atoms. The Hall–Kier alpha value is -3.17. The Bertz CT molecular complexity index is 1140. The van der Waals surface area contributed by atoms with Crippen LogP contribution in [0.1, 0.15) is 22.8 Å². The standard InChI is InChI=1S/C21H24N6O3.ClH/c1-2-26-13-17(20(29)30)18(28)16-11-23-21(24-19(16)26)27-9-7-25(8-10-27)12-14-3-5-15(22)6-4-14;/h3-6,11,13H,2,7-10,12,22H2,1H3,(H,29,30);1H. The number of aromatic carboxylic acids is 1. The van der Waals surface area contributed by atoms with Crippen molar-refractivity contribution in [2.24, 2.45) is 0 Å². The summed E-state index contributed by atoms with van der Waals surface area (Å²) in [5, 5.41) is 9.50. The molecular formula is C21H25ClN6O3. The summed E-state index contributed by atoms with van der Waals surface area (Å²) in [4.78, 5) is 37.2. The number of fused-ring (bicyclic) bond motifs is 1. The number of hydrogen-bond donors (Lipinski definition) is 2. The van der Waals surface area contributed by atoms with E-state index in [-0.39, 0.29) is 23.4 Å². The summed E-state index contributed by atoms with van der Waals surface area (Å²) in [6, 6.07) is 7.92. The normalized spacial score (nSPS) is 14.4. The number of aromatic nitrogens is 3. The predicted octanol–water partition coefficient (Wildman–Crippen LogP) is 1.84. The van der Waals surface area contributed by atoms with Crippen molar-refractivity contribution < 1.29 is 9.90 Å². The minimum Gasteiger partial charge on any atom is -0.477 e. The van der Waals surface area contributed by atoms with E-state index in [0.717, 1.165) is 38.4 Å². The van der Waals surface area contributed by atoms with Gasteiger partial charge in [-0.3, -0.25) is 9.69 Å². The number of nitrogen functional groups attached to an aromatic ring is 1. The second-order valence-electron chi connectivity index (χ2n) is 7.38. The Balaban J connectivity index is 0.00000272. The fourth-order valence-electron chi connectivity index (χ4n) is 3.70. The molecule has 3 N–H and O–H groups in total. The molecule has 1 aromatic carbocycles. The van der Waals surface area contributed by atoms with Crippen molar-refractivity contribution in [1.29, 1.82) is 0 Å². The largest absolute Gasteiger partial charge is 0.477 e. The van der Waals surface area contributed by atoms with Gasteiger partial charge >= 0.3 is 5.97 Å². The predicted molar refractivity (Wildman–Crippen MR) is 122 cm³/mol. The number of carbonyl (C=O) groups is 1. The maximum Gasteiger partial charge on any atom is 0.341 e. The number of carboxylic acids is 1. The summed E-state index contributed by atoms with van der Waals surface area (Å²) in [6.07, 6.45) is 2.80. The first-order chi connectivity index (χ1) is 14.5. The van der Waals surface area contributed by atoms with E-state index in [1.807, 2.05) is 31.2 Å². The molecule has 0 aliphatic carbocycles. The fraction of sp³-hybridized carbons (Fsp3) is 0.333. The summed E-state index contributed by atoms with van der Waals surface area (Å²) >= 11 is 0. The molecule has 10 heteroatoms. The van der Waals surface area contributed by atoms with Gasteiger partial charge in [-0.25, -0.2) is 9.78 Å². The van der Waals surface area contributed by atoms with E-state index in [1.54, 1.807) is 4.57 Å². The van der Waals surface area contributed by atoms with E-state index >= 15 is 0 Å². The van der Waals surface area contributed by atoms with Crippen molar-refractivity contribution in [2.75, 3.05) is 36.8 Å². The smallest absolute Gasteiger partial charge is 0.341 e. The zero-order chi connectivity index (χ0) is 21.3. The molecule has 3 aromatic rings. The molecule has 9 nitrogen and oxygen atoms in total.